The molecule has 0 rings (SSSR count). The van der Waals surface area contributed by atoms with Crippen LogP contribution in [0.4, 0.5) is 0 Å². The summed E-state index contributed by atoms with van der Waals surface area (Å²) < 4.78 is 11.1. The number of hydrogen-bond acceptors (Lipinski definition) is 2. The van der Waals surface area contributed by atoms with Gasteiger partial charge in [-0.3, -0.25) is 0 Å². The zero-order chi connectivity index (χ0) is 14.2. The molecule has 0 aliphatic rings. The van der Waals surface area contributed by atoms with Gasteiger partial charge >= 0.3 is 0 Å². The topological polar surface area (TPSA) is 18.5 Å². The molecule has 0 saturated carbocycles. The molecule has 0 bridgehead atoms. The monoisotopic (exact) mass is 268 g/mol. The van der Waals surface area contributed by atoms with Crippen LogP contribution in [0.25, 0.3) is 0 Å². The second kappa shape index (κ2) is 15.5. The first kappa shape index (κ1) is 18.4. The van der Waals surface area contributed by atoms with Crippen LogP contribution in [0, 0.1) is 0 Å². The van der Waals surface area contributed by atoms with E-state index in [4.69, 9.17) is 9.47 Å². The van der Waals surface area contributed by atoms with Gasteiger partial charge in [0.1, 0.15) is 0 Å². The van der Waals surface area contributed by atoms with Gasteiger partial charge in [0.05, 0.1) is 0 Å². The number of rotatable bonds is 14. The summed E-state index contributed by atoms with van der Waals surface area (Å²) in [6.45, 7) is 9.18. The van der Waals surface area contributed by atoms with Gasteiger partial charge in [0.25, 0.3) is 0 Å². The average molecular weight is 268 g/mol. The Hall–Kier alpha value is -0.600. The van der Waals surface area contributed by atoms with Crippen LogP contribution in [0.15, 0.2) is 24.8 Å². The predicted molar refractivity (Wildman–Crippen MR) is 83.3 cm³/mol. The Labute approximate surface area is 119 Å². The van der Waals surface area contributed by atoms with E-state index in [1.165, 1.54) is 44.9 Å². The van der Waals surface area contributed by atoms with Crippen LogP contribution < -0.4 is 0 Å². The van der Waals surface area contributed by atoms with Gasteiger partial charge in [0.15, 0.2) is 6.29 Å². The van der Waals surface area contributed by atoms with Gasteiger partial charge in [0.2, 0.25) is 0 Å². The SMILES string of the molecule is C=C/C=C\CCCCCCCCC(OCC)OCC. The molecule has 19 heavy (non-hydrogen) atoms. The second-order valence-electron chi connectivity index (χ2n) is 4.70. The minimum absolute atomic E-state index is 0.0130. The van der Waals surface area contributed by atoms with E-state index in [2.05, 4.69) is 12.7 Å². The molecule has 0 amide bonds. The summed E-state index contributed by atoms with van der Waals surface area (Å²) in [5.74, 6) is 0. The third-order valence-electron chi connectivity index (χ3n) is 3.04. The first-order valence-corrected chi connectivity index (χ1v) is 7.85. The second-order valence-corrected chi connectivity index (χ2v) is 4.70. The molecule has 0 aliphatic carbocycles. The lowest BCUT2D eigenvalue weighted by Crippen LogP contribution is -2.17. The molecule has 0 aromatic heterocycles. The van der Waals surface area contributed by atoms with Crippen molar-refractivity contribution < 1.29 is 9.47 Å². The number of allylic oxidation sites excluding steroid dienone is 3. The van der Waals surface area contributed by atoms with Crippen molar-refractivity contribution >= 4 is 0 Å². The van der Waals surface area contributed by atoms with Gasteiger partial charge in [-0.2, -0.15) is 0 Å². The molecule has 0 aliphatic heterocycles. The normalized spacial score (nSPS) is 11.5. The molecule has 112 valence electrons. The first-order chi connectivity index (χ1) is 9.35. The fraction of sp³-hybridized carbons (Fsp3) is 0.765. The number of unbranched alkanes of at least 4 members (excludes halogenated alkanes) is 6. The van der Waals surface area contributed by atoms with Crippen LogP contribution in [0.2, 0.25) is 0 Å². The average Bonchev–Trinajstić information content (AvgIpc) is 2.41. The lowest BCUT2D eigenvalue weighted by Gasteiger charge is -2.16. The molecule has 2 nitrogen and oxygen atoms in total. The van der Waals surface area contributed by atoms with E-state index in [0.717, 1.165) is 19.6 Å². The molecular formula is C17H32O2. The standard InChI is InChI=1S/C17H32O2/c1-4-7-8-9-10-11-12-13-14-15-16-17(18-5-2)19-6-3/h4,7-8,17H,1,5-6,9-16H2,2-3H3/b8-7-. The van der Waals surface area contributed by atoms with E-state index in [9.17, 15) is 0 Å². The lowest BCUT2D eigenvalue weighted by atomic mass is 10.1. The first-order valence-electron chi connectivity index (χ1n) is 7.85. The van der Waals surface area contributed by atoms with Crippen LogP contribution in [0.5, 0.6) is 0 Å². The summed E-state index contributed by atoms with van der Waals surface area (Å²) in [5, 5.41) is 0. The molecule has 0 atom stereocenters. The quantitative estimate of drug-likeness (QED) is 0.243. The summed E-state index contributed by atoms with van der Waals surface area (Å²) in [5.41, 5.74) is 0. The van der Waals surface area contributed by atoms with Gasteiger partial charge in [-0.25, -0.2) is 0 Å². The molecule has 0 aromatic carbocycles. The highest BCUT2D eigenvalue weighted by molar-refractivity contribution is 4.96. The van der Waals surface area contributed by atoms with E-state index in [1.54, 1.807) is 0 Å². The Kier molecular flexibility index (Phi) is 15.0. The Bertz CT molecular complexity index is 205. The van der Waals surface area contributed by atoms with Crippen LogP contribution >= 0.6 is 0 Å². The van der Waals surface area contributed by atoms with E-state index in [0.29, 0.717) is 0 Å². The van der Waals surface area contributed by atoms with Crippen molar-refractivity contribution in [1.82, 2.24) is 0 Å². The van der Waals surface area contributed by atoms with E-state index in [-0.39, 0.29) is 6.29 Å². The van der Waals surface area contributed by atoms with Gasteiger partial charge in [-0.15, -0.1) is 0 Å². The van der Waals surface area contributed by atoms with Crippen LogP contribution in [-0.4, -0.2) is 19.5 Å². The van der Waals surface area contributed by atoms with Crippen molar-refractivity contribution in [2.45, 2.75) is 71.5 Å². The molecule has 0 N–H and O–H groups in total. The van der Waals surface area contributed by atoms with Gasteiger partial charge < -0.3 is 9.47 Å². The third-order valence-corrected chi connectivity index (χ3v) is 3.04. The summed E-state index contributed by atoms with van der Waals surface area (Å²) in [4.78, 5) is 0. The van der Waals surface area contributed by atoms with Gasteiger partial charge in [-0.1, -0.05) is 50.5 Å². The van der Waals surface area contributed by atoms with Crippen molar-refractivity contribution in [1.29, 1.82) is 0 Å². The van der Waals surface area contributed by atoms with Crippen molar-refractivity contribution in [2.24, 2.45) is 0 Å². The Morgan fingerprint density at radius 2 is 1.47 bits per heavy atom. The highest BCUT2D eigenvalue weighted by Crippen LogP contribution is 2.12. The predicted octanol–water partition coefficient (Wildman–Crippen LogP) is 5.25. The maximum Gasteiger partial charge on any atom is 0.157 e. The van der Waals surface area contributed by atoms with Crippen molar-refractivity contribution in [2.75, 3.05) is 13.2 Å². The van der Waals surface area contributed by atoms with Crippen LogP contribution in [-0.2, 0) is 9.47 Å². The summed E-state index contributed by atoms with van der Waals surface area (Å²) >= 11 is 0. The largest absolute Gasteiger partial charge is 0.353 e. The summed E-state index contributed by atoms with van der Waals surface area (Å²) in [6, 6.07) is 0. The summed E-state index contributed by atoms with van der Waals surface area (Å²) in [6.07, 6.45) is 16.1. The number of hydrogen-bond donors (Lipinski definition) is 0. The molecule has 0 unspecified atom stereocenters. The molecule has 0 radical (unpaired) electrons. The highest BCUT2D eigenvalue weighted by atomic mass is 16.7. The van der Waals surface area contributed by atoms with Crippen molar-refractivity contribution in [3.8, 4) is 0 Å². The molecule has 2 heteroatoms. The smallest absolute Gasteiger partial charge is 0.157 e. The van der Waals surface area contributed by atoms with Crippen molar-refractivity contribution in [3.63, 3.8) is 0 Å². The zero-order valence-corrected chi connectivity index (χ0v) is 12.9. The van der Waals surface area contributed by atoms with Crippen LogP contribution in [0.3, 0.4) is 0 Å². The molecule has 0 saturated heterocycles. The van der Waals surface area contributed by atoms with E-state index < -0.39 is 0 Å². The maximum atomic E-state index is 5.53. The minimum atomic E-state index is 0.0130. The van der Waals surface area contributed by atoms with Gasteiger partial charge in [0, 0.05) is 13.2 Å². The highest BCUT2D eigenvalue weighted by Gasteiger charge is 2.06. The molecule has 0 spiro atoms. The molecule has 0 fully saturated rings. The van der Waals surface area contributed by atoms with Crippen LogP contribution in [0.1, 0.15) is 65.2 Å². The fourth-order valence-electron chi connectivity index (χ4n) is 2.06. The Morgan fingerprint density at radius 1 is 0.895 bits per heavy atom. The number of ether oxygens (including phenoxy) is 2. The third kappa shape index (κ3) is 13.6. The molecule has 0 aromatic rings. The van der Waals surface area contributed by atoms with Crippen molar-refractivity contribution in [3.05, 3.63) is 24.8 Å². The minimum Gasteiger partial charge on any atom is -0.353 e. The molecular weight excluding hydrogens is 236 g/mol. The maximum absolute atomic E-state index is 5.53. The molecule has 0 heterocycles. The van der Waals surface area contributed by atoms with E-state index >= 15 is 0 Å². The summed E-state index contributed by atoms with van der Waals surface area (Å²) in [7, 11) is 0. The lowest BCUT2D eigenvalue weighted by molar-refractivity contribution is -0.140. The fourth-order valence-corrected chi connectivity index (χ4v) is 2.06. The Balaban J connectivity index is 3.28. The Morgan fingerprint density at radius 3 is 2.05 bits per heavy atom. The van der Waals surface area contributed by atoms with E-state index in [1.807, 2.05) is 26.0 Å². The van der Waals surface area contributed by atoms with Gasteiger partial charge in [-0.05, 0) is 39.5 Å². The zero-order valence-electron chi connectivity index (χ0n) is 12.9.